The van der Waals surface area contributed by atoms with E-state index in [1.165, 1.54) is 6.07 Å². The summed E-state index contributed by atoms with van der Waals surface area (Å²) < 4.78 is 0. The summed E-state index contributed by atoms with van der Waals surface area (Å²) in [5.74, 6) is 0.411. The zero-order chi connectivity index (χ0) is 15.4. The minimum absolute atomic E-state index is 0.0175. The van der Waals surface area contributed by atoms with Crippen LogP contribution in [0.15, 0.2) is 12.1 Å². The third-order valence-corrected chi connectivity index (χ3v) is 4.81. The summed E-state index contributed by atoms with van der Waals surface area (Å²) in [6.45, 7) is 6.69. The third kappa shape index (κ3) is 4.01. The van der Waals surface area contributed by atoms with Crippen LogP contribution >= 0.6 is 11.3 Å². The first kappa shape index (κ1) is 15.9. The SMILES string of the molecule is CC(C)N(CC1CCNCC1)C(=O)c1ccc([N+](=O)[O-])s1. The summed E-state index contributed by atoms with van der Waals surface area (Å²) in [6.07, 6.45) is 2.14. The fraction of sp³-hybridized carbons (Fsp3) is 0.643. The van der Waals surface area contributed by atoms with Crippen LogP contribution < -0.4 is 5.32 Å². The summed E-state index contributed by atoms with van der Waals surface area (Å²) in [7, 11) is 0. The highest BCUT2D eigenvalue weighted by atomic mass is 32.1. The maximum atomic E-state index is 12.6. The number of thiophene rings is 1. The molecule has 7 heteroatoms. The van der Waals surface area contributed by atoms with Gasteiger partial charge in [0.1, 0.15) is 0 Å². The lowest BCUT2D eigenvalue weighted by molar-refractivity contribution is -0.380. The normalized spacial score (nSPS) is 16.1. The Morgan fingerprint density at radius 1 is 1.48 bits per heavy atom. The minimum atomic E-state index is -0.450. The van der Waals surface area contributed by atoms with Crippen LogP contribution in [-0.4, -0.2) is 41.4 Å². The van der Waals surface area contributed by atoms with E-state index in [9.17, 15) is 14.9 Å². The molecule has 0 spiro atoms. The quantitative estimate of drug-likeness (QED) is 0.669. The highest BCUT2D eigenvalue weighted by molar-refractivity contribution is 7.17. The Morgan fingerprint density at radius 2 is 2.14 bits per heavy atom. The fourth-order valence-corrected chi connectivity index (χ4v) is 3.33. The molecule has 0 unspecified atom stereocenters. The number of nitro groups is 1. The van der Waals surface area contributed by atoms with Crippen molar-refractivity contribution in [1.29, 1.82) is 0 Å². The van der Waals surface area contributed by atoms with Crippen LogP contribution in [0.4, 0.5) is 5.00 Å². The van der Waals surface area contributed by atoms with Gasteiger partial charge in [-0.15, -0.1) is 0 Å². The summed E-state index contributed by atoms with van der Waals surface area (Å²) in [5, 5.41) is 14.1. The van der Waals surface area contributed by atoms with Crippen LogP contribution in [0.3, 0.4) is 0 Å². The number of piperidine rings is 1. The standard InChI is InChI=1S/C14H21N3O3S/c1-10(2)16(9-11-5-7-15-8-6-11)14(18)12-3-4-13(21-12)17(19)20/h3-4,10-11,15H,5-9H2,1-2H3. The molecule has 0 saturated carbocycles. The van der Waals surface area contributed by atoms with E-state index < -0.39 is 4.92 Å². The molecule has 6 nitrogen and oxygen atoms in total. The van der Waals surface area contributed by atoms with Crippen molar-refractivity contribution in [3.05, 3.63) is 27.1 Å². The van der Waals surface area contributed by atoms with Crippen LogP contribution in [0.5, 0.6) is 0 Å². The minimum Gasteiger partial charge on any atom is -0.335 e. The number of amides is 1. The molecule has 1 saturated heterocycles. The van der Waals surface area contributed by atoms with Gasteiger partial charge in [-0.2, -0.15) is 0 Å². The van der Waals surface area contributed by atoms with Crippen molar-refractivity contribution in [1.82, 2.24) is 10.2 Å². The first-order valence-electron chi connectivity index (χ1n) is 7.25. The molecule has 0 bridgehead atoms. The van der Waals surface area contributed by atoms with Crippen molar-refractivity contribution < 1.29 is 9.72 Å². The fourth-order valence-electron chi connectivity index (χ4n) is 2.55. The second-order valence-corrected chi connectivity index (χ2v) is 6.70. The van der Waals surface area contributed by atoms with E-state index in [1.54, 1.807) is 6.07 Å². The number of hydrogen-bond donors (Lipinski definition) is 1. The molecule has 1 aromatic rings. The predicted molar refractivity (Wildman–Crippen MR) is 82.7 cm³/mol. The second-order valence-electron chi connectivity index (χ2n) is 5.64. The van der Waals surface area contributed by atoms with Gasteiger partial charge in [0.05, 0.1) is 9.80 Å². The zero-order valence-electron chi connectivity index (χ0n) is 12.4. The molecule has 2 heterocycles. The monoisotopic (exact) mass is 311 g/mol. The van der Waals surface area contributed by atoms with E-state index in [0.717, 1.165) is 43.8 Å². The Hall–Kier alpha value is -1.47. The Morgan fingerprint density at radius 3 is 2.67 bits per heavy atom. The van der Waals surface area contributed by atoms with Gasteiger partial charge in [-0.1, -0.05) is 11.3 Å². The van der Waals surface area contributed by atoms with Gasteiger partial charge >= 0.3 is 5.00 Å². The van der Waals surface area contributed by atoms with E-state index in [4.69, 9.17) is 0 Å². The highest BCUT2D eigenvalue weighted by Gasteiger charge is 2.26. The number of nitrogens with one attached hydrogen (secondary N) is 1. The van der Waals surface area contributed by atoms with Crippen molar-refractivity contribution in [2.75, 3.05) is 19.6 Å². The molecule has 0 aromatic carbocycles. The van der Waals surface area contributed by atoms with E-state index in [-0.39, 0.29) is 17.0 Å². The average Bonchev–Trinajstić information content (AvgIpc) is 2.95. The van der Waals surface area contributed by atoms with Crippen LogP contribution in [0.2, 0.25) is 0 Å². The summed E-state index contributed by atoms with van der Waals surface area (Å²) in [4.78, 5) is 25.2. The Labute approximate surface area is 128 Å². The average molecular weight is 311 g/mol. The Bertz CT molecular complexity index is 509. The number of hydrogen-bond acceptors (Lipinski definition) is 5. The molecule has 2 rings (SSSR count). The topological polar surface area (TPSA) is 75.5 Å². The van der Waals surface area contributed by atoms with Gasteiger partial charge in [-0.3, -0.25) is 14.9 Å². The van der Waals surface area contributed by atoms with Crippen molar-refractivity contribution >= 4 is 22.2 Å². The molecular weight excluding hydrogens is 290 g/mol. The van der Waals surface area contributed by atoms with Crippen LogP contribution in [0, 0.1) is 16.0 Å². The maximum Gasteiger partial charge on any atom is 0.324 e. The van der Waals surface area contributed by atoms with Gasteiger partial charge in [0.15, 0.2) is 0 Å². The van der Waals surface area contributed by atoms with E-state index in [2.05, 4.69) is 5.32 Å². The molecule has 0 radical (unpaired) electrons. The van der Waals surface area contributed by atoms with Gasteiger partial charge in [0.2, 0.25) is 0 Å². The zero-order valence-corrected chi connectivity index (χ0v) is 13.2. The summed E-state index contributed by atoms with van der Waals surface area (Å²) in [5.41, 5.74) is 0. The molecule has 1 aliphatic rings. The van der Waals surface area contributed by atoms with E-state index in [0.29, 0.717) is 10.8 Å². The van der Waals surface area contributed by atoms with Gasteiger partial charge in [0, 0.05) is 18.7 Å². The number of carbonyl (C=O) groups excluding carboxylic acids is 1. The Kier molecular flexibility index (Phi) is 5.30. The lowest BCUT2D eigenvalue weighted by atomic mass is 9.97. The molecular formula is C14H21N3O3S. The number of rotatable bonds is 5. The Balaban J connectivity index is 2.08. The van der Waals surface area contributed by atoms with Crippen LogP contribution in [-0.2, 0) is 0 Å². The largest absolute Gasteiger partial charge is 0.335 e. The first-order valence-corrected chi connectivity index (χ1v) is 8.06. The number of carbonyl (C=O) groups is 1. The van der Waals surface area contributed by atoms with Crippen molar-refractivity contribution in [3.63, 3.8) is 0 Å². The van der Waals surface area contributed by atoms with Gasteiger partial charge < -0.3 is 10.2 Å². The maximum absolute atomic E-state index is 12.6. The molecule has 1 aromatic heterocycles. The molecule has 1 N–H and O–H groups in total. The smallest absolute Gasteiger partial charge is 0.324 e. The molecule has 21 heavy (non-hydrogen) atoms. The second kappa shape index (κ2) is 7.00. The molecule has 0 aliphatic carbocycles. The molecule has 1 aliphatic heterocycles. The van der Waals surface area contributed by atoms with Crippen molar-refractivity contribution in [3.8, 4) is 0 Å². The summed E-state index contributed by atoms with van der Waals surface area (Å²) >= 11 is 0.954. The van der Waals surface area contributed by atoms with Crippen molar-refractivity contribution in [2.24, 2.45) is 5.92 Å². The molecule has 1 amide bonds. The molecule has 1 fully saturated rings. The van der Waals surface area contributed by atoms with Crippen molar-refractivity contribution in [2.45, 2.75) is 32.7 Å². The predicted octanol–water partition coefficient (Wildman–Crippen LogP) is 2.51. The lowest BCUT2D eigenvalue weighted by Gasteiger charge is -2.32. The first-order chi connectivity index (χ1) is 9.99. The van der Waals surface area contributed by atoms with Crippen LogP contribution in [0.25, 0.3) is 0 Å². The molecule has 116 valence electrons. The number of nitrogens with zero attached hydrogens (tertiary/aromatic N) is 2. The highest BCUT2D eigenvalue weighted by Crippen LogP contribution is 2.26. The van der Waals surface area contributed by atoms with E-state index >= 15 is 0 Å². The van der Waals surface area contributed by atoms with Gasteiger partial charge in [-0.25, -0.2) is 0 Å². The summed E-state index contributed by atoms with van der Waals surface area (Å²) in [6, 6.07) is 3.05. The van der Waals surface area contributed by atoms with Crippen LogP contribution in [0.1, 0.15) is 36.4 Å². The van der Waals surface area contributed by atoms with Gasteiger partial charge in [-0.05, 0) is 51.8 Å². The lowest BCUT2D eigenvalue weighted by Crippen LogP contribution is -2.42. The van der Waals surface area contributed by atoms with E-state index in [1.807, 2.05) is 18.7 Å². The third-order valence-electron chi connectivity index (χ3n) is 3.78. The molecule has 0 atom stereocenters. The van der Waals surface area contributed by atoms with Gasteiger partial charge in [0.25, 0.3) is 5.91 Å².